The molecule has 7 atom stereocenters. The number of nitrogens with one attached hydrogen (secondary N) is 2. The van der Waals surface area contributed by atoms with Crippen LogP contribution >= 0.6 is 27.7 Å². The first-order valence-corrected chi connectivity index (χ1v) is 14.5. The van der Waals surface area contributed by atoms with Gasteiger partial charge >= 0.3 is 0 Å². The number of benzene rings is 2. The molecule has 3 heterocycles. The van der Waals surface area contributed by atoms with Crippen LogP contribution < -0.4 is 10.6 Å². The van der Waals surface area contributed by atoms with Gasteiger partial charge in [-0.05, 0) is 44.4 Å². The highest BCUT2D eigenvalue weighted by Crippen LogP contribution is 2.68. The van der Waals surface area contributed by atoms with Gasteiger partial charge < -0.3 is 20.6 Å². The number of amides is 3. The highest BCUT2D eigenvalue weighted by molar-refractivity contribution is 9.09. The Hall–Kier alpha value is -2.36. The van der Waals surface area contributed by atoms with Gasteiger partial charge in [0.05, 0.1) is 29.2 Å². The van der Waals surface area contributed by atoms with Crippen molar-refractivity contribution in [1.29, 1.82) is 0 Å². The first-order valence-electron chi connectivity index (χ1n) is 12.7. The predicted octanol–water partition coefficient (Wildman–Crippen LogP) is 3.22. The summed E-state index contributed by atoms with van der Waals surface area (Å²) in [6, 6.07) is 17.4. The lowest BCUT2D eigenvalue weighted by Crippen LogP contribution is -2.58. The zero-order valence-corrected chi connectivity index (χ0v) is 23.2. The fourth-order valence-corrected chi connectivity index (χ4v) is 9.91. The van der Waals surface area contributed by atoms with Crippen molar-refractivity contribution in [3.63, 3.8) is 0 Å². The van der Waals surface area contributed by atoms with Gasteiger partial charge in [0.15, 0.2) is 0 Å². The van der Waals surface area contributed by atoms with Crippen molar-refractivity contribution < 1.29 is 19.5 Å². The third-order valence-electron chi connectivity index (χ3n) is 7.67. The molecule has 0 radical (unpaired) electrons. The molecule has 3 aliphatic rings. The number of fused-ring (bicyclic) bond motifs is 1. The van der Waals surface area contributed by atoms with E-state index in [0.717, 1.165) is 5.56 Å². The highest BCUT2D eigenvalue weighted by atomic mass is 79.9. The standard InChI is InChI=1S/C28H32BrN3O4S/c1-16(2)30-26(35)24-28-14-20(29)23(37-28)21(25(34)31-18-11-7-4-8-12-18)22(28)27(36)32(24)19(15-33)13-17-9-5-3-6-10-17/h3-12,16,19-24,33H,13-15H2,1-2H3,(H,30,35)(H,31,34)/t19-,20?,21+,22+,23+,24?,28?/m1/s1. The summed E-state index contributed by atoms with van der Waals surface area (Å²) in [6.45, 7) is 3.51. The number of rotatable bonds is 8. The van der Waals surface area contributed by atoms with Crippen LogP contribution in [0.2, 0.25) is 0 Å². The first-order chi connectivity index (χ1) is 17.8. The third kappa shape index (κ3) is 4.59. The van der Waals surface area contributed by atoms with E-state index in [0.29, 0.717) is 18.5 Å². The summed E-state index contributed by atoms with van der Waals surface area (Å²) >= 11 is 5.38. The Labute approximate surface area is 229 Å². The fourth-order valence-electron chi connectivity index (χ4n) is 6.31. The molecule has 7 nitrogen and oxygen atoms in total. The molecular formula is C28H32BrN3O4S. The molecule has 0 aromatic heterocycles. The summed E-state index contributed by atoms with van der Waals surface area (Å²) in [5.74, 6) is -1.89. The number of thioether (sulfide) groups is 1. The summed E-state index contributed by atoms with van der Waals surface area (Å²) in [7, 11) is 0. The number of anilines is 1. The van der Waals surface area contributed by atoms with Gasteiger partial charge in [-0.1, -0.05) is 64.5 Å². The van der Waals surface area contributed by atoms with Crippen LogP contribution in [0, 0.1) is 11.8 Å². The van der Waals surface area contributed by atoms with Crippen molar-refractivity contribution in [2.75, 3.05) is 11.9 Å². The van der Waals surface area contributed by atoms with E-state index in [9.17, 15) is 19.5 Å². The highest BCUT2D eigenvalue weighted by Gasteiger charge is 2.76. The fraction of sp³-hybridized carbons (Fsp3) is 0.464. The van der Waals surface area contributed by atoms with Gasteiger partial charge in [0.1, 0.15) is 6.04 Å². The molecule has 2 aromatic carbocycles. The maximum atomic E-state index is 14.3. The molecule has 3 amide bonds. The maximum Gasteiger partial charge on any atom is 0.244 e. The van der Waals surface area contributed by atoms with Gasteiger partial charge in [-0.2, -0.15) is 0 Å². The molecule has 3 N–H and O–H groups in total. The Balaban J connectivity index is 1.53. The van der Waals surface area contributed by atoms with Crippen molar-refractivity contribution in [3.05, 3.63) is 66.2 Å². The molecule has 0 saturated carbocycles. The lowest BCUT2D eigenvalue weighted by Gasteiger charge is -2.37. The predicted molar refractivity (Wildman–Crippen MR) is 148 cm³/mol. The molecule has 196 valence electrons. The van der Waals surface area contributed by atoms with E-state index in [1.54, 1.807) is 16.7 Å². The van der Waals surface area contributed by atoms with E-state index in [1.165, 1.54) is 0 Å². The topological polar surface area (TPSA) is 98.7 Å². The van der Waals surface area contributed by atoms with Crippen molar-refractivity contribution >= 4 is 51.1 Å². The minimum atomic E-state index is -0.780. The summed E-state index contributed by atoms with van der Waals surface area (Å²) in [6.07, 6.45) is 1.02. The van der Waals surface area contributed by atoms with Gasteiger partial charge in [-0.25, -0.2) is 0 Å². The van der Waals surface area contributed by atoms with Crippen LogP contribution in [-0.4, -0.2) is 67.3 Å². The second-order valence-corrected chi connectivity index (χ2v) is 13.2. The molecule has 2 aromatic rings. The van der Waals surface area contributed by atoms with Gasteiger partial charge in [-0.3, -0.25) is 14.4 Å². The largest absolute Gasteiger partial charge is 0.394 e. The number of likely N-dealkylation sites (tertiary alicyclic amines) is 1. The average Bonchev–Trinajstić information content (AvgIpc) is 3.46. The van der Waals surface area contributed by atoms with Gasteiger partial charge in [0.2, 0.25) is 17.7 Å². The van der Waals surface area contributed by atoms with E-state index in [1.807, 2.05) is 74.5 Å². The van der Waals surface area contributed by atoms with E-state index >= 15 is 0 Å². The summed E-state index contributed by atoms with van der Waals surface area (Å²) in [5, 5.41) is 16.4. The molecule has 5 rings (SSSR count). The van der Waals surface area contributed by atoms with Crippen LogP contribution in [0.1, 0.15) is 25.8 Å². The Morgan fingerprint density at radius 2 is 1.76 bits per heavy atom. The number of para-hydroxylation sites is 1. The van der Waals surface area contributed by atoms with Crippen LogP contribution in [0.3, 0.4) is 0 Å². The minimum Gasteiger partial charge on any atom is -0.394 e. The number of carbonyl (C=O) groups excluding carboxylic acids is 3. The Bertz CT molecular complexity index is 1170. The lowest BCUT2D eigenvalue weighted by molar-refractivity contribution is -0.142. The number of nitrogens with zero attached hydrogens (tertiary/aromatic N) is 1. The van der Waals surface area contributed by atoms with Gasteiger partial charge in [0, 0.05) is 21.8 Å². The molecule has 1 spiro atoms. The molecule has 0 aliphatic carbocycles. The van der Waals surface area contributed by atoms with Crippen molar-refractivity contribution in [2.45, 2.75) is 59.6 Å². The van der Waals surface area contributed by atoms with Crippen LogP contribution in [-0.2, 0) is 20.8 Å². The Kier molecular flexibility index (Phi) is 7.40. The zero-order valence-electron chi connectivity index (χ0n) is 20.8. The Morgan fingerprint density at radius 1 is 1.11 bits per heavy atom. The van der Waals surface area contributed by atoms with Crippen molar-refractivity contribution in [2.24, 2.45) is 11.8 Å². The molecule has 3 unspecified atom stereocenters. The molecule has 3 saturated heterocycles. The second kappa shape index (κ2) is 10.4. The Morgan fingerprint density at radius 3 is 2.38 bits per heavy atom. The second-order valence-electron chi connectivity index (χ2n) is 10.5. The van der Waals surface area contributed by atoms with E-state index in [4.69, 9.17) is 0 Å². The van der Waals surface area contributed by atoms with Gasteiger partial charge in [0.25, 0.3) is 0 Å². The van der Waals surface area contributed by atoms with Gasteiger partial charge in [-0.15, -0.1) is 11.8 Å². The zero-order chi connectivity index (χ0) is 26.3. The van der Waals surface area contributed by atoms with Crippen LogP contribution in [0.25, 0.3) is 0 Å². The minimum absolute atomic E-state index is 0.0101. The van der Waals surface area contributed by atoms with Crippen LogP contribution in [0.4, 0.5) is 5.69 Å². The smallest absolute Gasteiger partial charge is 0.244 e. The normalized spacial score (nSPS) is 30.9. The first kappa shape index (κ1) is 26.3. The molecule has 2 bridgehead atoms. The lowest BCUT2D eigenvalue weighted by atomic mass is 9.70. The van der Waals surface area contributed by atoms with Crippen molar-refractivity contribution in [1.82, 2.24) is 10.2 Å². The molecule has 3 fully saturated rings. The number of alkyl halides is 1. The van der Waals surface area contributed by atoms with E-state index in [2.05, 4.69) is 26.6 Å². The monoisotopic (exact) mass is 585 g/mol. The molecule has 3 aliphatic heterocycles. The number of hydrogen-bond acceptors (Lipinski definition) is 5. The molecule has 9 heteroatoms. The van der Waals surface area contributed by atoms with E-state index < -0.39 is 28.7 Å². The summed E-state index contributed by atoms with van der Waals surface area (Å²) in [5.41, 5.74) is 1.65. The average molecular weight is 587 g/mol. The third-order valence-corrected chi connectivity index (χ3v) is 10.9. The quantitative estimate of drug-likeness (QED) is 0.413. The SMILES string of the molecule is CC(C)NC(=O)C1N([C@@H](CO)Cc2ccccc2)C(=O)[C@@H]2[C@H](C(=O)Nc3ccccc3)[C@H]3SC12CC3Br. The number of aliphatic hydroxyl groups is 1. The number of aliphatic hydroxyl groups excluding tert-OH is 1. The van der Waals surface area contributed by atoms with Crippen LogP contribution in [0.5, 0.6) is 0 Å². The van der Waals surface area contributed by atoms with Crippen molar-refractivity contribution in [3.8, 4) is 0 Å². The summed E-state index contributed by atoms with van der Waals surface area (Å²) < 4.78 is -0.752. The van der Waals surface area contributed by atoms with Crippen LogP contribution in [0.15, 0.2) is 60.7 Å². The maximum absolute atomic E-state index is 14.3. The molecular weight excluding hydrogens is 554 g/mol. The molecule has 37 heavy (non-hydrogen) atoms. The van der Waals surface area contributed by atoms with E-state index in [-0.39, 0.29) is 40.4 Å². The number of carbonyl (C=O) groups is 3. The number of hydrogen-bond donors (Lipinski definition) is 3. The number of halogens is 1. The summed E-state index contributed by atoms with van der Waals surface area (Å²) in [4.78, 5) is 43.3.